The number of hydrogen-bond donors (Lipinski definition) is 1. The molecule has 2 heteroatoms. The fourth-order valence-corrected chi connectivity index (χ4v) is 2.92. The van der Waals surface area contributed by atoms with Gasteiger partial charge in [-0.1, -0.05) is 88.1 Å². The van der Waals surface area contributed by atoms with E-state index in [0.29, 0.717) is 0 Å². The highest BCUT2D eigenvalue weighted by atomic mass is 35.5. The van der Waals surface area contributed by atoms with Crippen molar-refractivity contribution in [2.24, 2.45) is 0 Å². The Labute approximate surface area is 144 Å². The van der Waals surface area contributed by atoms with Crippen molar-refractivity contribution in [1.29, 1.82) is 0 Å². The first-order valence-corrected chi connectivity index (χ1v) is 9.26. The van der Waals surface area contributed by atoms with Gasteiger partial charge in [0.05, 0.1) is 6.54 Å². The molecule has 0 bridgehead atoms. The summed E-state index contributed by atoms with van der Waals surface area (Å²) in [6, 6.07) is 10.9. The molecule has 0 saturated carbocycles. The summed E-state index contributed by atoms with van der Waals surface area (Å²) in [5.41, 5.74) is 5.39. The molecule has 0 unspecified atom stereocenters. The van der Waals surface area contributed by atoms with Gasteiger partial charge in [-0.2, -0.15) is 0 Å². The first-order chi connectivity index (χ1) is 10.4. The molecule has 0 amide bonds. The summed E-state index contributed by atoms with van der Waals surface area (Å²) >= 11 is 0. The lowest BCUT2D eigenvalue weighted by molar-refractivity contribution is -0.368. The topological polar surface area (TPSA) is 27.6 Å². The van der Waals surface area contributed by atoms with Crippen LogP contribution >= 0.6 is 0 Å². The van der Waals surface area contributed by atoms with Gasteiger partial charge < -0.3 is 18.1 Å². The average molecular weight is 326 g/mol. The highest BCUT2D eigenvalue weighted by molar-refractivity contribution is 5.14. The molecule has 1 nitrogen and oxygen atoms in total. The van der Waals surface area contributed by atoms with Gasteiger partial charge >= 0.3 is 0 Å². The second kappa shape index (κ2) is 16.8. The lowest BCUT2D eigenvalue weighted by atomic mass is 10.0. The largest absolute Gasteiger partial charge is 1.00 e. The molecular weight excluding hydrogens is 290 g/mol. The van der Waals surface area contributed by atoms with E-state index >= 15 is 0 Å². The molecule has 0 aromatic heterocycles. The van der Waals surface area contributed by atoms with Gasteiger partial charge in [-0.05, 0) is 31.2 Å². The summed E-state index contributed by atoms with van der Waals surface area (Å²) < 4.78 is 0. The molecule has 0 aliphatic rings. The monoisotopic (exact) mass is 325 g/mol. The first kappa shape index (κ1) is 21.5. The van der Waals surface area contributed by atoms with E-state index in [2.05, 4.69) is 36.1 Å². The molecule has 3 N–H and O–H groups in total. The SMILES string of the molecule is [Cl-].[NH3+]CCCCCCCCCCCCCCc1ccccc1. The Morgan fingerprint density at radius 1 is 0.545 bits per heavy atom. The molecular formula is C20H36ClN. The van der Waals surface area contributed by atoms with Crippen LogP contribution in [-0.2, 0) is 6.42 Å². The highest BCUT2D eigenvalue weighted by Gasteiger charge is 1.95. The number of rotatable bonds is 14. The summed E-state index contributed by atoms with van der Waals surface area (Å²) in [6.45, 7) is 1.12. The van der Waals surface area contributed by atoms with Crippen LogP contribution in [-0.4, -0.2) is 6.54 Å². The van der Waals surface area contributed by atoms with Gasteiger partial charge in [0.15, 0.2) is 0 Å². The fourth-order valence-electron chi connectivity index (χ4n) is 2.92. The summed E-state index contributed by atoms with van der Waals surface area (Å²) in [5, 5.41) is 0. The van der Waals surface area contributed by atoms with Crippen LogP contribution in [0.15, 0.2) is 30.3 Å². The van der Waals surface area contributed by atoms with E-state index in [0.717, 1.165) is 6.54 Å². The number of hydrogen-bond acceptors (Lipinski definition) is 0. The Balaban J connectivity index is 0.00000441. The van der Waals surface area contributed by atoms with Crippen LogP contribution in [0.4, 0.5) is 0 Å². The van der Waals surface area contributed by atoms with E-state index in [9.17, 15) is 0 Å². The van der Waals surface area contributed by atoms with Crippen molar-refractivity contribution in [2.45, 2.75) is 83.5 Å². The van der Waals surface area contributed by atoms with Crippen LogP contribution in [0, 0.1) is 0 Å². The third kappa shape index (κ3) is 13.2. The standard InChI is InChI=1S/C20H35N.ClH/c21-19-15-10-8-6-4-2-1-3-5-7-9-12-16-20-17-13-11-14-18-20;/h11,13-14,17-18H,1-10,12,15-16,19,21H2;1H. The number of benzene rings is 1. The summed E-state index contributed by atoms with van der Waals surface area (Å²) in [5.74, 6) is 0. The Morgan fingerprint density at radius 2 is 0.955 bits per heavy atom. The Kier molecular flexibility index (Phi) is 16.4. The normalized spacial score (nSPS) is 10.4. The molecule has 0 saturated heterocycles. The van der Waals surface area contributed by atoms with Crippen molar-refractivity contribution in [2.75, 3.05) is 6.54 Å². The zero-order valence-corrected chi connectivity index (χ0v) is 15.1. The van der Waals surface area contributed by atoms with Crippen LogP contribution in [0.3, 0.4) is 0 Å². The van der Waals surface area contributed by atoms with Gasteiger partial charge in [-0.25, -0.2) is 0 Å². The van der Waals surface area contributed by atoms with Gasteiger partial charge in [-0.3, -0.25) is 0 Å². The van der Waals surface area contributed by atoms with E-state index in [1.807, 2.05) is 0 Å². The van der Waals surface area contributed by atoms with E-state index in [4.69, 9.17) is 0 Å². The van der Waals surface area contributed by atoms with Crippen LogP contribution in [0.2, 0.25) is 0 Å². The van der Waals surface area contributed by atoms with Gasteiger partial charge in [0.25, 0.3) is 0 Å². The molecule has 128 valence electrons. The summed E-state index contributed by atoms with van der Waals surface area (Å²) in [6.07, 6.45) is 18.3. The molecule has 1 aromatic carbocycles. The van der Waals surface area contributed by atoms with Crippen LogP contribution < -0.4 is 18.1 Å². The van der Waals surface area contributed by atoms with E-state index < -0.39 is 0 Å². The van der Waals surface area contributed by atoms with Crippen molar-refractivity contribution in [3.05, 3.63) is 35.9 Å². The van der Waals surface area contributed by atoms with E-state index in [-0.39, 0.29) is 12.4 Å². The number of quaternary nitrogens is 1. The molecule has 0 aliphatic carbocycles. The molecule has 0 fully saturated rings. The minimum atomic E-state index is 0. The van der Waals surface area contributed by atoms with Crippen LogP contribution in [0.25, 0.3) is 0 Å². The number of aryl methyl sites for hydroxylation is 1. The Hall–Kier alpha value is -0.530. The number of unbranched alkanes of at least 4 members (excludes halogenated alkanes) is 11. The molecule has 0 aliphatic heterocycles. The molecule has 0 radical (unpaired) electrons. The minimum Gasteiger partial charge on any atom is -1.00 e. The van der Waals surface area contributed by atoms with Crippen molar-refractivity contribution < 1.29 is 18.1 Å². The predicted molar refractivity (Wildman–Crippen MR) is 93.3 cm³/mol. The summed E-state index contributed by atoms with van der Waals surface area (Å²) in [4.78, 5) is 0. The van der Waals surface area contributed by atoms with E-state index in [1.165, 1.54) is 89.0 Å². The van der Waals surface area contributed by atoms with Gasteiger partial charge in [0.2, 0.25) is 0 Å². The minimum absolute atomic E-state index is 0. The predicted octanol–water partition coefficient (Wildman–Crippen LogP) is 2.16. The fraction of sp³-hybridized carbons (Fsp3) is 0.700. The maximum atomic E-state index is 3.89. The molecule has 0 heterocycles. The lowest BCUT2D eigenvalue weighted by Gasteiger charge is -2.03. The smallest absolute Gasteiger partial charge is 0.0739 e. The van der Waals surface area contributed by atoms with Crippen molar-refractivity contribution in [1.82, 2.24) is 0 Å². The maximum Gasteiger partial charge on any atom is 0.0739 e. The third-order valence-corrected chi connectivity index (χ3v) is 4.31. The first-order valence-electron chi connectivity index (χ1n) is 9.26. The van der Waals surface area contributed by atoms with Crippen molar-refractivity contribution >= 4 is 0 Å². The third-order valence-electron chi connectivity index (χ3n) is 4.31. The van der Waals surface area contributed by atoms with E-state index in [1.54, 1.807) is 0 Å². The zero-order chi connectivity index (χ0) is 15.0. The highest BCUT2D eigenvalue weighted by Crippen LogP contribution is 2.13. The molecule has 22 heavy (non-hydrogen) atoms. The van der Waals surface area contributed by atoms with Crippen molar-refractivity contribution in [3.63, 3.8) is 0 Å². The van der Waals surface area contributed by atoms with Crippen LogP contribution in [0.1, 0.15) is 82.6 Å². The van der Waals surface area contributed by atoms with Gasteiger partial charge in [-0.15, -0.1) is 0 Å². The second-order valence-corrected chi connectivity index (χ2v) is 6.33. The Morgan fingerprint density at radius 3 is 1.41 bits per heavy atom. The molecule has 0 spiro atoms. The second-order valence-electron chi connectivity index (χ2n) is 6.33. The van der Waals surface area contributed by atoms with Crippen molar-refractivity contribution in [3.8, 4) is 0 Å². The van der Waals surface area contributed by atoms with Gasteiger partial charge in [0.1, 0.15) is 0 Å². The zero-order valence-electron chi connectivity index (χ0n) is 14.4. The summed E-state index contributed by atoms with van der Waals surface area (Å²) in [7, 11) is 0. The molecule has 0 atom stereocenters. The lowest BCUT2D eigenvalue weighted by Crippen LogP contribution is -3.00. The quantitative estimate of drug-likeness (QED) is 0.508. The molecule has 1 rings (SSSR count). The average Bonchev–Trinajstić information content (AvgIpc) is 2.53. The number of halogens is 1. The Bertz CT molecular complexity index is 313. The van der Waals surface area contributed by atoms with Crippen LogP contribution in [0.5, 0.6) is 0 Å². The molecule has 1 aromatic rings. The maximum absolute atomic E-state index is 3.89. The van der Waals surface area contributed by atoms with Gasteiger partial charge in [0, 0.05) is 0 Å².